The number of rotatable bonds is 15. The van der Waals surface area contributed by atoms with Crippen molar-refractivity contribution in [2.45, 2.75) is 129 Å². The Balaban J connectivity index is 1.83. The summed E-state index contributed by atoms with van der Waals surface area (Å²) in [5, 5.41) is 2.62. The molecular formula is C23H43NO2. The first-order valence-corrected chi connectivity index (χ1v) is 11.6. The Bertz CT molecular complexity index is 361. The second-order valence-corrected chi connectivity index (χ2v) is 8.24. The lowest BCUT2D eigenvalue weighted by atomic mass is 9.88. The van der Waals surface area contributed by atoms with Crippen molar-refractivity contribution >= 4 is 11.8 Å². The number of imide groups is 1. The van der Waals surface area contributed by atoms with Crippen LogP contribution in [0.3, 0.4) is 0 Å². The van der Waals surface area contributed by atoms with Gasteiger partial charge in [0.05, 0.1) is 0 Å². The highest BCUT2D eigenvalue weighted by molar-refractivity contribution is 5.96. The summed E-state index contributed by atoms with van der Waals surface area (Å²) in [5.41, 5.74) is 0. The van der Waals surface area contributed by atoms with Gasteiger partial charge < -0.3 is 0 Å². The van der Waals surface area contributed by atoms with Gasteiger partial charge in [0.1, 0.15) is 0 Å². The SMILES string of the molecule is CCCCCCCCCCCCCCCC(=O)NC(=O)C1CCCCC1. The van der Waals surface area contributed by atoms with E-state index in [4.69, 9.17) is 0 Å². The molecular weight excluding hydrogens is 322 g/mol. The number of hydrogen-bond donors (Lipinski definition) is 1. The van der Waals surface area contributed by atoms with Crippen LogP contribution in [0, 0.1) is 5.92 Å². The summed E-state index contributed by atoms with van der Waals surface area (Å²) in [6.45, 7) is 2.27. The van der Waals surface area contributed by atoms with Gasteiger partial charge in [0.25, 0.3) is 0 Å². The van der Waals surface area contributed by atoms with Crippen molar-refractivity contribution in [1.29, 1.82) is 0 Å². The van der Waals surface area contributed by atoms with Crippen LogP contribution in [0.15, 0.2) is 0 Å². The summed E-state index contributed by atoms with van der Waals surface area (Å²) in [6, 6.07) is 0. The van der Waals surface area contributed by atoms with Crippen LogP contribution in [0.25, 0.3) is 0 Å². The molecule has 1 N–H and O–H groups in total. The predicted molar refractivity (Wildman–Crippen MR) is 110 cm³/mol. The Morgan fingerprint density at radius 1 is 0.692 bits per heavy atom. The smallest absolute Gasteiger partial charge is 0.229 e. The Morgan fingerprint density at radius 3 is 1.65 bits per heavy atom. The van der Waals surface area contributed by atoms with E-state index < -0.39 is 0 Å². The first-order chi connectivity index (χ1) is 12.7. The molecule has 1 aliphatic carbocycles. The first kappa shape index (κ1) is 23.2. The molecule has 0 aromatic heterocycles. The third-order valence-corrected chi connectivity index (χ3v) is 5.75. The van der Waals surface area contributed by atoms with Crippen LogP contribution in [-0.2, 0) is 9.59 Å². The van der Waals surface area contributed by atoms with Crippen molar-refractivity contribution in [2.75, 3.05) is 0 Å². The van der Waals surface area contributed by atoms with Crippen LogP contribution in [0.1, 0.15) is 129 Å². The summed E-state index contributed by atoms with van der Waals surface area (Å²) in [7, 11) is 0. The third kappa shape index (κ3) is 12.5. The highest BCUT2D eigenvalue weighted by Gasteiger charge is 2.22. The molecule has 3 heteroatoms. The lowest BCUT2D eigenvalue weighted by Gasteiger charge is -2.20. The van der Waals surface area contributed by atoms with Crippen molar-refractivity contribution in [2.24, 2.45) is 5.92 Å². The van der Waals surface area contributed by atoms with Crippen molar-refractivity contribution < 1.29 is 9.59 Å². The molecule has 0 unspecified atom stereocenters. The van der Waals surface area contributed by atoms with E-state index in [9.17, 15) is 9.59 Å². The molecule has 1 rings (SSSR count). The molecule has 0 bridgehead atoms. The van der Waals surface area contributed by atoms with Crippen LogP contribution in [0.4, 0.5) is 0 Å². The first-order valence-electron chi connectivity index (χ1n) is 11.6. The molecule has 0 aromatic rings. The summed E-state index contributed by atoms with van der Waals surface area (Å²) in [5.74, 6) is -0.00705. The molecule has 0 atom stereocenters. The quantitative estimate of drug-likeness (QED) is 0.328. The van der Waals surface area contributed by atoms with Crippen LogP contribution >= 0.6 is 0 Å². The normalized spacial score (nSPS) is 15.1. The van der Waals surface area contributed by atoms with E-state index in [0.717, 1.165) is 38.5 Å². The van der Waals surface area contributed by atoms with Crippen molar-refractivity contribution in [3.8, 4) is 0 Å². The summed E-state index contributed by atoms with van der Waals surface area (Å²) in [6.07, 6.45) is 22.9. The van der Waals surface area contributed by atoms with E-state index in [1.807, 2.05) is 0 Å². The number of carbonyl (C=O) groups is 2. The summed E-state index contributed by atoms with van der Waals surface area (Å²) < 4.78 is 0. The average Bonchev–Trinajstić information content (AvgIpc) is 2.66. The Labute approximate surface area is 162 Å². The minimum Gasteiger partial charge on any atom is -0.296 e. The Kier molecular flexibility index (Phi) is 14.6. The van der Waals surface area contributed by atoms with Crippen LogP contribution in [-0.4, -0.2) is 11.8 Å². The van der Waals surface area contributed by atoms with Gasteiger partial charge in [-0.2, -0.15) is 0 Å². The molecule has 3 nitrogen and oxygen atoms in total. The highest BCUT2D eigenvalue weighted by atomic mass is 16.2. The van der Waals surface area contributed by atoms with Gasteiger partial charge in [0, 0.05) is 12.3 Å². The van der Waals surface area contributed by atoms with Gasteiger partial charge in [-0.15, -0.1) is 0 Å². The molecule has 1 saturated carbocycles. The van der Waals surface area contributed by atoms with Gasteiger partial charge in [0.15, 0.2) is 0 Å². The zero-order chi connectivity index (χ0) is 18.9. The van der Waals surface area contributed by atoms with Crippen LogP contribution in [0.5, 0.6) is 0 Å². The number of unbranched alkanes of at least 4 members (excludes halogenated alkanes) is 12. The van der Waals surface area contributed by atoms with E-state index in [2.05, 4.69) is 12.2 Å². The van der Waals surface area contributed by atoms with E-state index in [0.29, 0.717) is 6.42 Å². The van der Waals surface area contributed by atoms with E-state index >= 15 is 0 Å². The monoisotopic (exact) mass is 365 g/mol. The average molecular weight is 366 g/mol. The molecule has 1 aliphatic rings. The van der Waals surface area contributed by atoms with Gasteiger partial charge >= 0.3 is 0 Å². The maximum absolute atomic E-state index is 12.0. The third-order valence-electron chi connectivity index (χ3n) is 5.75. The fraction of sp³-hybridized carbons (Fsp3) is 0.913. The molecule has 152 valence electrons. The van der Waals surface area contributed by atoms with Gasteiger partial charge in [-0.3, -0.25) is 14.9 Å². The summed E-state index contributed by atoms with van der Waals surface area (Å²) in [4.78, 5) is 23.9. The highest BCUT2D eigenvalue weighted by Crippen LogP contribution is 2.23. The number of amides is 2. The van der Waals surface area contributed by atoms with Crippen LogP contribution < -0.4 is 5.32 Å². The van der Waals surface area contributed by atoms with Crippen molar-refractivity contribution in [1.82, 2.24) is 5.32 Å². The molecule has 0 heterocycles. The predicted octanol–water partition coefficient (Wildman–Crippen LogP) is 6.69. The fourth-order valence-electron chi connectivity index (χ4n) is 3.97. The molecule has 26 heavy (non-hydrogen) atoms. The maximum Gasteiger partial charge on any atom is 0.229 e. The fourth-order valence-corrected chi connectivity index (χ4v) is 3.97. The molecule has 0 saturated heterocycles. The van der Waals surface area contributed by atoms with E-state index in [1.54, 1.807) is 0 Å². The lowest BCUT2D eigenvalue weighted by molar-refractivity contribution is -0.133. The van der Waals surface area contributed by atoms with Gasteiger partial charge in [0.2, 0.25) is 11.8 Å². The molecule has 0 aromatic carbocycles. The van der Waals surface area contributed by atoms with E-state index in [-0.39, 0.29) is 17.7 Å². The van der Waals surface area contributed by atoms with Crippen molar-refractivity contribution in [3.05, 3.63) is 0 Å². The maximum atomic E-state index is 12.0. The van der Waals surface area contributed by atoms with Crippen molar-refractivity contribution in [3.63, 3.8) is 0 Å². The molecule has 1 fully saturated rings. The topological polar surface area (TPSA) is 46.2 Å². The van der Waals surface area contributed by atoms with Gasteiger partial charge in [-0.05, 0) is 19.3 Å². The molecule has 0 radical (unpaired) electrons. The lowest BCUT2D eigenvalue weighted by Crippen LogP contribution is -2.36. The number of carbonyl (C=O) groups excluding carboxylic acids is 2. The summed E-state index contributed by atoms with van der Waals surface area (Å²) >= 11 is 0. The Morgan fingerprint density at radius 2 is 1.15 bits per heavy atom. The molecule has 0 aliphatic heterocycles. The zero-order valence-electron chi connectivity index (χ0n) is 17.3. The number of hydrogen-bond acceptors (Lipinski definition) is 2. The van der Waals surface area contributed by atoms with E-state index in [1.165, 1.54) is 77.0 Å². The second kappa shape index (κ2) is 16.3. The van der Waals surface area contributed by atoms with Gasteiger partial charge in [-0.25, -0.2) is 0 Å². The Hall–Kier alpha value is -0.860. The van der Waals surface area contributed by atoms with Crippen LogP contribution in [0.2, 0.25) is 0 Å². The minimum atomic E-state index is -0.0661. The zero-order valence-corrected chi connectivity index (χ0v) is 17.3. The van der Waals surface area contributed by atoms with Gasteiger partial charge in [-0.1, -0.05) is 103 Å². The largest absolute Gasteiger partial charge is 0.296 e. The molecule has 2 amide bonds. The standard InChI is InChI=1S/C23H43NO2/c1-2-3-4-5-6-7-8-9-10-11-12-13-17-20-22(25)24-23(26)21-18-15-14-16-19-21/h21H,2-20H2,1H3,(H,24,25,26). The number of nitrogens with one attached hydrogen (secondary N) is 1. The molecule has 0 spiro atoms. The minimum absolute atomic E-state index is 0.0237. The second-order valence-electron chi connectivity index (χ2n) is 8.24.